The van der Waals surface area contributed by atoms with Crippen molar-refractivity contribution in [3.63, 3.8) is 0 Å². The average molecular weight is 384 g/mol. The zero-order chi connectivity index (χ0) is 20.4. The van der Waals surface area contributed by atoms with Gasteiger partial charge in [-0.1, -0.05) is 20.8 Å². The van der Waals surface area contributed by atoms with Crippen LogP contribution >= 0.6 is 0 Å². The Morgan fingerprint density at radius 3 is 2.43 bits per heavy atom. The molecule has 2 aromatic rings. The van der Waals surface area contributed by atoms with E-state index in [1.165, 1.54) is 0 Å². The van der Waals surface area contributed by atoms with Crippen molar-refractivity contribution in [2.45, 2.75) is 47.1 Å². The van der Waals surface area contributed by atoms with E-state index in [-0.39, 0.29) is 23.3 Å². The molecule has 1 saturated heterocycles. The highest BCUT2D eigenvalue weighted by atomic mass is 16.1. The summed E-state index contributed by atoms with van der Waals surface area (Å²) >= 11 is 0. The summed E-state index contributed by atoms with van der Waals surface area (Å²) in [7, 11) is 0. The second-order valence-electron chi connectivity index (χ2n) is 8.43. The molecule has 0 aromatic carbocycles. The molecule has 0 amide bonds. The van der Waals surface area contributed by atoms with Crippen LogP contribution in [0.25, 0.3) is 10.9 Å². The van der Waals surface area contributed by atoms with Gasteiger partial charge in [-0.3, -0.25) is 9.69 Å². The number of Topliss-reactive ketones (excluding diaryl/α,β-unsaturated/α-hetero) is 1. The van der Waals surface area contributed by atoms with Crippen LogP contribution in [0.15, 0.2) is 18.3 Å². The van der Waals surface area contributed by atoms with Gasteiger partial charge in [-0.2, -0.15) is 0 Å². The number of carbonyl (C=O) groups excluding carboxylic acids is 1. The number of fused-ring (bicyclic) bond motifs is 1. The lowest BCUT2D eigenvalue weighted by Crippen LogP contribution is -2.49. The monoisotopic (exact) mass is 383 g/mol. The molecule has 1 unspecified atom stereocenters. The van der Waals surface area contributed by atoms with E-state index in [1.54, 1.807) is 6.20 Å². The summed E-state index contributed by atoms with van der Waals surface area (Å²) in [6.45, 7) is 14.6. The lowest BCUT2D eigenvalue weighted by atomic mass is 9.86. The Morgan fingerprint density at radius 1 is 1.18 bits per heavy atom. The number of aromatic nitrogens is 2. The highest BCUT2D eigenvalue weighted by molar-refractivity contribution is 6.45. The molecule has 3 heterocycles. The SMILES string of the molecule is CCC(C(=N)C(=O)c1cc2cc(N3CCN(C(C)C)CC3)ncc2[nH]1)C(C)C. The number of hydrogen-bond donors (Lipinski definition) is 2. The van der Waals surface area contributed by atoms with Crippen molar-refractivity contribution in [3.8, 4) is 0 Å². The van der Waals surface area contributed by atoms with Crippen LogP contribution in [0.4, 0.5) is 5.82 Å². The van der Waals surface area contributed by atoms with E-state index in [9.17, 15) is 4.79 Å². The fraction of sp³-hybridized carbons (Fsp3) is 0.591. The lowest BCUT2D eigenvalue weighted by Gasteiger charge is -2.37. The third-order valence-electron chi connectivity index (χ3n) is 5.96. The first-order valence-corrected chi connectivity index (χ1v) is 10.4. The summed E-state index contributed by atoms with van der Waals surface area (Å²) in [5, 5.41) is 9.33. The van der Waals surface area contributed by atoms with Gasteiger partial charge < -0.3 is 15.3 Å². The number of aromatic amines is 1. The van der Waals surface area contributed by atoms with Crippen molar-refractivity contribution in [2.75, 3.05) is 31.1 Å². The molecule has 0 spiro atoms. The minimum Gasteiger partial charge on any atom is -0.354 e. The van der Waals surface area contributed by atoms with Crippen LogP contribution in [0.1, 0.15) is 51.5 Å². The van der Waals surface area contributed by atoms with Gasteiger partial charge in [0.25, 0.3) is 0 Å². The predicted molar refractivity (Wildman–Crippen MR) is 116 cm³/mol. The molecule has 1 atom stereocenters. The van der Waals surface area contributed by atoms with Crippen molar-refractivity contribution < 1.29 is 4.79 Å². The molecule has 0 aliphatic carbocycles. The lowest BCUT2D eigenvalue weighted by molar-refractivity contribution is 0.105. The van der Waals surface area contributed by atoms with Crippen molar-refractivity contribution in [1.82, 2.24) is 14.9 Å². The Hall–Kier alpha value is -2.21. The molecule has 0 saturated carbocycles. The van der Waals surface area contributed by atoms with Crippen LogP contribution in [0, 0.1) is 17.2 Å². The number of hydrogen-bond acceptors (Lipinski definition) is 5. The minimum absolute atomic E-state index is 0.00940. The zero-order valence-corrected chi connectivity index (χ0v) is 17.7. The van der Waals surface area contributed by atoms with Crippen molar-refractivity contribution in [1.29, 1.82) is 5.41 Å². The molecule has 6 nitrogen and oxygen atoms in total. The Balaban J connectivity index is 1.78. The molecule has 1 aliphatic rings. The van der Waals surface area contributed by atoms with E-state index in [4.69, 9.17) is 5.41 Å². The Morgan fingerprint density at radius 2 is 1.86 bits per heavy atom. The maximum atomic E-state index is 12.8. The van der Waals surface area contributed by atoms with Gasteiger partial charge in [0.1, 0.15) is 5.82 Å². The number of rotatable bonds is 7. The zero-order valence-electron chi connectivity index (χ0n) is 17.7. The average Bonchev–Trinajstić information content (AvgIpc) is 3.10. The molecule has 0 bridgehead atoms. The summed E-state index contributed by atoms with van der Waals surface area (Å²) in [6.07, 6.45) is 2.61. The number of nitrogens with one attached hydrogen (secondary N) is 2. The molecule has 6 heteroatoms. The summed E-state index contributed by atoms with van der Waals surface area (Å²) in [5.74, 6) is 1.02. The first kappa shape index (κ1) is 20.5. The van der Waals surface area contributed by atoms with Gasteiger partial charge in [0.2, 0.25) is 5.78 Å². The van der Waals surface area contributed by atoms with Crippen molar-refractivity contribution in [2.24, 2.45) is 11.8 Å². The number of piperazine rings is 1. The van der Waals surface area contributed by atoms with E-state index in [2.05, 4.69) is 53.5 Å². The molecule has 152 valence electrons. The predicted octanol–water partition coefficient (Wildman–Crippen LogP) is 3.98. The van der Waals surface area contributed by atoms with Gasteiger partial charge in [-0.05, 0) is 38.3 Å². The summed E-state index contributed by atoms with van der Waals surface area (Å²) in [6, 6.07) is 4.50. The fourth-order valence-electron chi connectivity index (χ4n) is 4.10. The molecular formula is C22H33N5O. The smallest absolute Gasteiger partial charge is 0.222 e. The number of carbonyl (C=O) groups is 1. The molecule has 0 radical (unpaired) electrons. The quantitative estimate of drug-likeness (QED) is 0.560. The molecular weight excluding hydrogens is 350 g/mol. The van der Waals surface area contributed by atoms with Gasteiger partial charge in [0, 0.05) is 43.5 Å². The second-order valence-corrected chi connectivity index (χ2v) is 8.43. The Bertz CT molecular complexity index is 846. The van der Waals surface area contributed by atoms with Crippen LogP contribution in [-0.2, 0) is 0 Å². The maximum Gasteiger partial charge on any atom is 0.222 e. The fourth-order valence-corrected chi connectivity index (χ4v) is 4.10. The molecule has 28 heavy (non-hydrogen) atoms. The molecule has 1 fully saturated rings. The second kappa shape index (κ2) is 8.43. The Kier molecular flexibility index (Phi) is 6.18. The van der Waals surface area contributed by atoms with E-state index < -0.39 is 0 Å². The van der Waals surface area contributed by atoms with E-state index >= 15 is 0 Å². The standard InChI is InChI=1S/C22H33N5O/c1-6-17(14(2)3)21(23)22(28)18-11-16-12-20(24-13-19(16)25-18)27-9-7-26(8-10-27)15(4)5/h11-15,17,23,25H,6-10H2,1-5H3. The normalized spacial score (nSPS) is 16.9. The van der Waals surface area contributed by atoms with Gasteiger partial charge in [-0.15, -0.1) is 0 Å². The maximum absolute atomic E-state index is 12.8. The van der Waals surface area contributed by atoms with Gasteiger partial charge in [0.05, 0.1) is 23.1 Å². The van der Waals surface area contributed by atoms with Crippen LogP contribution in [0.5, 0.6) is 0 Å². The number of H-pyrrole nitrogens is 1. The third-order valence-corrected chi connectivity index (χ3v) is 5.96. The molecule has 3 rings (SSSR count). The number of pyridine rings is 1. The number of ketones is 1. The van der Waals surface area contributed by atoms with Crippen LogP contribution in [0.2, 0.25) is 0 Å². The number of anilines is 1. The first-order chi connectivity index (χ1) is 13.3. The summed E-state index contributed by atoms with van der Waals surface area (Å²) in [4.78, 5) is 25.4. The van der Waals surface area contributed by atoms with Crippen molar-refractivity contribution >= 4 is 28.2 Å². The van der Waals surface area contributed by atoms with Gasteiger partial charge >= 0.3 is 0 Å². The highest BCUT2D eigenvalue weighted by Gasteiger charge is 2.25. The largest absolute Gasteiger partial charge is 0.354 e. The van der Waals surface area contributed by atoms with E-state index in [0.29, 0.717) is 11.7 Å². The van der Waals surface area contributed by atoms with Gasteiger partial charge in [-0.25, -0.2) is 4.98 Å². The van der Waals surface area contributed by atoms with E-state index in [0.717, 1.165) is 49.3 Å². The molecule has 2 N–H and O–H groups in total. The molecule has 1 aliphatic heterocycles. The summed E-state index contributed by atoms with van der Waals surface area (Å²) in [5.41, 5.74) is 1.53. The van der Waals surface area contributed by atoms with Crippen LogP contribution < -0.4 is 4.90 Å². The summed E-state index contributed by atoms with van der Waals surface area (Å²) < 4.78 is 0. The highest BCUT2D eigenvalue weighted by Crippen LogP contribution is 2.24. The molecule has 2 aromatic heterocycles. The Labute approximate surface area is 167 Å². The number of nitrogens with zero attached hydrogens (tertiary/aromatic N) is 3. The van der Waals surface area contributed by atoms with Crippen molar-refractivity contribution in [3.05, 3.63) is 24.0 Å². The van der Waals surface area contributed by atoms with Crippen LogP contribution in [-0.4, -0.2) is 58.6 Å². The van der Waals surface area contributed by atoms with Crippen LogP contribution in [0.3, 0.4) is 0 Å². The topological polar surface area (TPSA) is 76.1 Å². The van der Waals surface area contributed by atoms with E-state index in [1.807, 2.05) is 13.0 Å². The first-order valence-electron chi connectivity index (χ1n) is 10.4. The third kappa shape index (κ3) is 4.12. The minimum atomic E-state index is -0.205. The van der Waals surface area contributed by atoms with Gasteiger partial charge in [0.15, 0.2) is 0 Å².